The summed E-state index contributed by atoms with van der Waals surface area (Å²) in [6.07, 6.45) is 4.99. The highest BCUT2D eigenvalue weighted by atomic mass is 15.3. The average Bonchev–Trinajstić information content (AvgIpc) is 2.91. The number of nitriles is 1. The Balaban J connectivity index is 2.36. The second kappa shape index (κ2) is 4.35. The van der Waals surface area contributed by atoms with Crippen LogP contribution >= 0.6 is 0 Å². The molecule has 0 fully saturated rings. The molecule has 0 amide bonds. The summed E-state index contributed by atoms with van der Waals surface area (Å²) < 4.78 is 1.66. The molecular formula is C14H9N5. The lowest BCUT2D eigenvalue weighted by molar-refractivity contribution is 0.959. The molecule has 0 N–H and O–H groups in total. The first-order chi connectivity index (χ1) is 9.33. The third-order valence-corrected chi connectivity index (χ3v) is 2.78. The maximum Gasteiger partial charge on any atom is 0.174 e. The van der Waals surface area contributed by atoms with Gasteiger partial charge >= 0.3 is 0 Å². The van der Waals surface area contributed by atoms with Crippen LogP contribution < -0.4 is 0 Å². The van der Waals surface area contributed by atoms with E-state index in [9.17, 15) is 0 Å². The molecule has 0 unspecified atom stereocenters. The first-order valence-corrected chi connectivity index (χ1v) is 5.66. The predicted octanol–water partition coefficient (Wildman–Crippen LogP) is 2.31. The summed E-state index contributed by atoms with van der Waals surface area (Å²) in [4.78, 5) is 8.28. The molecule has 0 aliphatic carbocycles. The minimum absolute atomic E-state index is 0.485. The van der Waals surface area contributed by atoms with Crippen LogP contribution in [0.25, 0.3) is 23.0 Å². The van der Waals surface area contributed by atoms with Crippen LogP contribution in [-0.4, -0.2) is 19.6 Å². The fourth-order valence-electron chi connectivity index (χ4n) is 1.89. The van der Waals surface area contributed by atoms with Gasteiger partial charge in [0.1, 0.15) is 6.07 Å². The van der Waals surface area contributed by atoms with Crippen molar-refractivity contribution in [3.05, 3.63) is 54.6 Å². The van der Waals surface area contributed by atoms with E-state index in [2.05, 4.69) is 27.7 Å². The molecule has 0 aliphatic heterocycles. The molecule has 3 heterocycles. The quantitative estimate of drug-likeness (QED) is 0.696. The van der Waals surface area contributed by atoms with Crippen LogP contribution in [0, 0.1) is 11.3 Å². The van der Waals surface area contributed by atoms with Gasteiger partial charge in [0.05, 0.1) is 11.3 Å². The highest BCUT2D eigenvalue weighted by molar-refractivity contribution is 5.67. The SMILES string of the molecule is C=Cc1nc2c(C#N)ccc(-c3ccncc3)n2n1. The van der Waals surface area contributed by atoms with Crippen molar-refractivity contribution in [3.63, 3.8) is 0 Å². The Bertz CT molecular complexity index is 796. The Morgan fingerprint density at radius 1 is 1.21 bits per heavy atom. The summed E-state index contributed by atoms with van der Waals surface area (Å²) in [5, 5.41) is 13.4. The van der Waals surface area contributed by atoms with Crippen molar-refractivity contribution in [2.45, 2.75) is 0 Å². The van der Waals surface area contributed by atoms with Gasteiger partial charge < -0.3 is 0 Å². The summed E-state index contributed by atoms with van der Waals surface area (Å²) in [6, 6.07) is 9.48. The van der Waals surface area contributed by atoms with Crippen LogP contribution in [0.2, 0.25) is 0 Å². The van der Waals surface area contributed by atoms with E-state index >= 15 is 0 Å². The number of rotatable bonds is 2. The molecule has 0 radical (unpaired) electrons. The summed E-state index contributed by atoms with van der Waals surface area (Å²) in [6.45, 7) is 3.65. The highest BCUT2D eigenvalue weighted by Crippen LogP contribution is 2.21. The van der Waals surface area contributed by atoms with E-state index in [0.717, 1.165) is 11.3 Å². The molecule has 19 heavy (non-hydrogen) atoms. The minimum atomic E-state index is 0.485. The fraction of sp³-hybridized carbons (Fsp3) is 0. The molecule has 0 atom stereocenters. The van der Waals surface area contributed by atoms with Crippen molar-refractivity contribution >= 4 is 11.7 Å². The lowest BCUT2D eigenvalue weighted by Crippen LogP contribution is -1.96. The largest absolute Gasteiger partial charge is 0.265 e. The van der Waals surface area contributed by atoms with Crippen molar-refractivity contribution in [1.29, 1.82) is 5.26 Å². The van der Waals surface area contributed by atoms with Crippen molar-refractivity contribution in [2.75, 3.05) is 0 Å². The normalized spacial score (nSPS) is 10.3. The molecule has 3 rings (SSSR count). The zero-order chi connectivity index (χ0) is 13.2. The van der Waals surface area contributed by atoms with Crippen LogP contribution in [0.5, 0.6) is 0 Å². The van der Waals surface area contributed by atoms with E-state index in [1.54, 1.807) is 29.1 Å². The van der Waals surface area contributed by atoms with Crippen LogP contribution in [0.1, 0.15) is 11.4 Å². The van der Waals surface area contributed by atoms with Gasteiger partial charge in [0.25, 0.3) is 0 Å². The molecule has 0 aliphatic rings. The van der Waals surface area contributed by atoms with Crippen LogP contribution in [0.15, 0.2) is 43.2 Å². The second-order valence-corrected chi connectivity index (χ2v) is 3.89. The van der Waals surface area contributed by atoms with Crippen molar-refractivity contribution in [3.8, 4) is 17.3 Å². The van der Waals surface area contributed by atoms with Gasteiger partial charge in [-0.25, -0.2) is 9.50 Å². The Morgan fingerprint density at radius 2 is 2.00 bits per heavy atom. The third kappa shape index (κ3) is 1.76. The number of hydrogen-bond acceptors (Lipinski definition) is 4. The molecule has 0 saturated carbocycles. The smallest absolute Gasteiger partial charge is 0.174 e. The Labute approximate surface area is 109 Å². The Kier molecular flexibility index (Phi) is 2.54. The van der Waals surface area contributed by atoms with Gasteiger partial charge in [-0.3, -0.25) is 4.98 Å². The average molecular weight is 247 g/mol. The van der Waals surface area contributed by atoms with Crippen LogP contribution in [0.3, 0.4) is 0 Å². The molecule has 3 aromatic rings. The maximum atomic E-state index is 9.11. The maximum absolute atomic E-state index is 9.11. The Morgan fingerprint density at radius 3 is 2.68 bits per heavy atom. The van der Waals surface area contributed by atoms with Gasteiger partial charge in [-0.15, -0.1) is 5.10 Å². The summed E-state index contributed by atoms with van der Waals surface area (Å²) in [7, 11) is 0. The molecule has 0 spiro atoms. The molecule has 5 heteroatoms. The van der Waals surface area contributed by atoms with Gasteiger partial charge in [0.15, 0.2) is 11.5 Å². The summed E-state index contributed by atoms with van der Waals surface area (Å²) in [5.74, 6) is 0.498. The lowest BCUT2D eigenvalue weighted by Gasteiger charge is -2.04. The van der Waals surface area contributed by atoms with Crippen LogP contribution in [-0.2, 0) is 0 Å². The van der Waals surface area contributed by atoms with Gasteiger partial charge in [-0.1, -0.05) is 6.58 Å². The minimum Gasteiger partial charge on any atom is -0.265 e. The molecule has 90 valence electrons. The highest BCUT2D eigenvalue weighted by Gasteiger charge is 2.11. The van der Waals surface area contributed by atoms with E-state index in [4.69, 9.17) is 5.26 Å². The van der Waals surface area contributed by atoms with E-state index in [1.165, 1.54) is 0 Å². The van der Waals surface area contributed by atoms with Crippen LogP contribution in [0.4, 0.5) is 0 Å². The van der Waals surface area contributed by atoms with Crippen molar-refractivity contribution < 1.29 is 0 Å². The zero-order valence-corrected chi connectivity index (χ0v) is 9.98. The van der Waals surface area contributed by atoms with Crippen molar-refractivity contribution in [1.82, 2.24) is 19.6 Å². The number of aromatic nitrogens is 4. The fourth-order valence-corrected chi connectivity index (χ4v) is 1.89. The predicted molar refractivity (Wildman–Crippen MR) is 71.0 cm³/mol. The second-order valence-electron chi connectivity index (χ2n) is 3.89. The molecule has 0 bridgehead atoms. The number of fused-ring (bicyclic) bond motifs is 1. The topological polar surface area (TPSA) is 66.9 Å². The molecule has 0 aromatic carbocycles. The van der Waals surface area contributed by atoms with Gasteiger partial charge in [0.2, 0.25) is 0 Å². The monoisotopic (exact) mass is 247 g/mol. The van der Waals surface area contributed by atoms with Gasteiger partial charge in [0, 0.05) is 18.0 Å². The standard InChI is InChI=1S/C14H9N5/c1-2-13-17-14-11(9-15)3-4-12(19(14)18-13)10-5-7-16-8-6-10/h2-8H,1H2. The third-order valence-electron chi connectivity index (χ3n) is 2.78. The van der Waals surface area contributed by atoms with E-state index in [0.29, 0.717) is 17.0 Å². The van der Waals surface area contributed by atoms with E-state index in [-0.39, 0.29) is 0 Å². The number of nitrogens with zero attached hydrogens (tertiary/aromatic N) is 5. The summed E-state index contributed by atoms with van der Waals surface area (Å²) in [5.41, 5.74) is 2.84. The van der Waals surface area contributed by atoms with Gasteiger partial charge in [-0.2, -0.15) is 5.26 Å². The molecule has 0 saturated heterocycles. The molecule has 3 aromatic heterocycles. The first kappa shape index (κ1) is 11.1. The Hall–Kier alpha value is -3.00. The number of pyridine rings is 2. The summed E-state index contributed by atoms with van der Waals surface area (Å²) >= 11 is 0. The zero-order valence-electron chi connectivity index (χ0n) is 9.98. The first-order valence-electron chi connectivity index (χ1n) is 5.66. The molecular weight excluding hydrogens is 238 g/mol. The van der Waals surface area contributed by atoms with Gasteiger partial charge in [-0.05, 0) is 30.3 Å². The van der Waals surface area contributed by atoms with E-state index < -0.39 is 0 Å². The molecule has 5 nitrogen and oxygen atoms in total. The van der Waals surface area contributed by atoms with Crippen molar-refractivity contribution in [2.24, 2.45) is 0 Å². The number of hydrogen-bond donors (Lipinski definition) is 0. The van der Waals surface area contributed by atoms with E-state index in [1.807, 2.05) is 18.2 Å². The lowest BCUT2D eigenvalue weighted by atomic mass is 10.1.